The standard InChI is InChI=1S/C30H42N8O2/c1-4-37-27-22(16-32-37)26(15-20(2)33-27)36-13-5-25-23(17-36)21(3)35-38(25)19-29-6-9-30(10-7-29,11-8-29)34-28(39)24-18-40-14-12-31-24/h15-16,24,31H,4-14,17-19H2,1-3H3,(H,34,39). The van der Waals surface area contributed by atoms with Crippen LogP contribution in [-0.2, 0) is 35.6 Å². The Balaban J connectivity index is 1.06. The molecule has 0 spiro atoms. The minimum absolute atomic E-state index is 0.0441. The van der Waals surface area contributed by atoms with Gasteiger partial charge in [0.1, 0.15) is 6.04 Å². The highest BCUT2D eigenvalue weighted by Crippen LogP contribution is 2.53. The van der Waals surface area contributed by atoms with Crippen molar-refractivity contribution in [1.29, 1.82) is 0 Å². The lowest BCUT2D eigenvalue weighted by Crippen LogP contribution is -2.62. The molecule has 3 saturated carbocycles. The first-order valence-corrected chi connectivity index (χ1v) is 15.1. The Morgan fingerprint density at radius 3 is 2.70 bits per heavy atom. The van der Waals surface area contributed by atoms with E-state index < -0.39 is 0 Å². The number of carbonyl (C=O) groups excluding carboxylic acids is 1. The van der Waals surface area contributed by atoms with Gasteiger partial charge in [-0.1, -0.05) is 0 Å². The lowest BCUT2D eigenvalue weighted by molar-refractivity contribution is -0.130. The molecule has 3 aromatic rings. The minimum atomic E-state index is -0.218. The van der Waals surface area contributed by atoms with Crippen molar-refractivity contribution in [3.63, 3.8) is 0 Å². The average molecular weight is 547 g/mol. The summed E-state index contributed by atoms with van der Waals surface area (Å²) in [5.74, 6) is 0.110. The van der Waals surface area contributed by atoms with Crippen molar-refractivity contribution < 1.29 is 9.53 Å². The lowest BCUT2D eigenvalue weighted by Gasteiger charge is -2.54. The first-order chi connectivity index (χ1) is 19.4. The molecule has 5 aliphatic rings. The average Bonchev–Trinajstić information content (AvgIpc) is 3.53. The molecule has 2 N–H and O–H groups in total. The summed E-state index contributed by atoms with van der Waals surface area (Å²) >= 11 is 0. The molecule has 1 unspecified atom stereocenters. The summed E-state index contributed by atoms with van der Waals surface area (Å²) in [5.41, 5.74) is 7.41. The van der Waals surface area contributed by atoms with Crippen LogP contribution in [-0.4, -0.2) is 68.3 Å². The number of carbonyl (C=O) groups is 1. The van der Waals surface area contributed by atoms with Gasteiger partial charge in [-0.3, -0.25) is 9.48 Å². The Labute approximate surface area is 235 Å². The normalized spacial score (nSPS) is 28.2. The summed E-state index contributed by atoms with van der Waals surface area (Å²) in [6.45, 7) is 11.9. The van der Waals surface area contributed by atoms with Crippen LogP contribution in [0.3, 0.4) is 0 Å². The highest BCUT2D eigenvalue weighted by atomic mass is 16.5. The molecule has 4 fully saturated rings. The number of hydrogen-bond acceptors (Lipinski definition) is 7. The number of anilines is 1. The molecule has 40 heavy (non-hydrogen) atoms. The summed E-state index contributed by atoms with van der Waals surface area (Å²) in [4.78, 5) is 20.2. The fraction of sp³-hybridized carbons (Fsp3) is 0.667. The summed E-state index contributed by atoms with van der Waals surface area (Å²) in [5, 5.41) is 17.6. The molecule has 5 heterocycles. The number of fused-ring (bicyclic) bond motifs is 5. The van der Waals surface area contributed by atoms with Crippen LogP contribution in [0, 0.1) is 19.3 Å². The number of aryl methyl sites for hydroxylation is 3. The Kier molecular flexibility index (Phi) is 6.38. The number of morpholine rings is 1. The topological polar surface area (TPSA) is 102 Å². The summed E-state index contributed by atoms with van der Waals surface area (Å²) in [6, 6.07) is 1.99. The van der Waals surface area contributed by atoms with Gasteiger partial charge in [0.15, 0.2) is 5.65 Å². The van der Waals surface area contributed by atoms with E-state index in [1.54, 1.807) is 0 Å². The van der Waals surface area contributed by atoms with Gasteiger partial charge in [0.05, 0.1) is 36.2 Å². The molecule has 0 aromatic carbocycles. The zero-order valence-corrected chi connectivity index (χ0v) is 24.1. The molecule has 1 amide bonds. The van der Waals surface area contributed by atoms with E-state index in [1.165, 1.54) is 16.9 Å². The van der Waals surface area contributed by atoms with Crippen molar-refractivity contribution in [3.05, 3.63) is 34.9 Å². The molecular weight excluding hydrogens is 504 g/mol. The third kappa shape index (κ3) is 4.40. The fourth-order valence-corrected chi connectivity index (χ4v) is 7.73. The first kappa shape index (κ1) is 26.0. The molecule has 8 rings (SSSR count). The van der Waals surface area contributed by atoms with Crippen molar-refractivity contribution in [2.45, 2.75) is 96.9 Å². The van der Waals surface area contributed by atoms with E-state index in [4.69, 9.17) is 14.8 Å². The second kappa shape index (κ2) is 9.83. The molecule has 10 heteroatoms. The summed E-state index contributed by atoms with van der Waals surface area (Å²) in [7, 11) is 0. The Morgan fingerprint density at radius 2 is 1.98 bits per heavy atom. The third-order valence-electron chi connectivity index (χ3n) is 10.2. The van der Waals surface area contributed by atoms with Crippen molar-refractivity contribution >= 4 is 22.6 Å². The maximum atomic E-state index is 12.9. The van der Waals surface area contributed by atoms with E-state index in [0.717, 1.165) is 100 Å². The molecule has 2 bridgehead atoms. The maximum Gasteiger partial charge on any atom is 0.239 e. The molecule has 3 aromatic heterocycles. The van der Waals surface area contributed by atoms with E-state index in [1.807, 2.05) is 10.9 Å². The molecule has 214 valence electrons. The van der Waals surface area contributed by atoms with Gasteiger partial charge in [0, 0.05) is 61.6 Å². The van der Waals surface area contributed by atoms with Crippen LogP contribution in [0.25, 0.3) is 11.0 Å². The van der Waals surface area contributed by atoms with Gasteiger partial charge < -0.3 is 20.3 Å². The van der Waals surface area contributed by atoms with E-state index in [9.17, 15) is 4.79 Å². The van der Waals surface area contributed by atoms with Crippen LogP contribution in [0.2, 0.25) is 0 Å². The number of aromatic nitrogens is 5. The smallest absolute Gasteiger partial charge is 0.239 e. The Hall–Kier alpha value is -2.98. The van der Waals surface area contributed by atoms with Gasteiger partial charge in [-0.15, -0.1) is 0 Å². The van der Waals surface area contributed by atoms with Crippen molar-refractivity contribution in [2.24, 2.45) is 5.41 Å². The zero-order valence-electron chi connectivity index (χ0n) is 24.1. The lowest BCUT2D eigenvalue weighted by atomic mass is 9.57. The molecule has 2 aliphatic heterocycles. The molecule has 10 nitrogen and oxygen atoms in total. The number of nitrogens with one attached hydrogen (secondary N) is 2. The zero-order chi connectivity index (χ0) is 27.5. The predicted octanol–water partition coefficient (Wildman–Crippen LogP) is 3.02. The largest absolute Gasteiger partial charge is 0.378 e. The summed E-state index contributed by atoms with van der Waals surface area (Å²) < 4.78 is 9.86. The van der Waals surface area contributed by atoms with Crippen LogP contribution < -0.4 is 15.5 Å². The van der Waals surface area contributed by atoms with Gasteiger partial charge >= 0.3 is 0 Å². The second-order valence-electron chi connectivity index (χ2n) is 12.7. The van der Waals surface area contributed by atoms with Gasteiger partial charge in [-0.25, -0.2) is 9.67 Å². The van der Waals surface area contributed by atoms with Crippen LogP contribution in [0.1, 0.15) is 68.1 Å². The number of nitrogens with zero attached hydrogens (tertiary/aromatic N) is 6. The Bertz CT molecular complexity index is 1410. The quantitative estimate of drug-likeness (QED) is 0.490. The molecule has 3 aliphatic carbocycles. The minimum Gasteiger partial charge on any atom is -0.378 e. The van der Waals surface area contributed by atoms with Crippen LogP contribution in [0.4, 0.5) is 5.69 Å². The molecular formula is C30H42N8O2. The summed E-state index contributed by atoms with van der Waals surface area (Å²) in [6.07, 6.45) is 9.60. The third-order valence-corrected chi connectivity index (χ3v) is 10.2. The Morgan fingerprint density at radius 1 is 1.18 bits per heavy atom. The maximum absolute atomic E-state index is 12.9. The number of hydrogen-bond donors (Lipinski definition) is 2. The van der Waals surface area contributed by atoms with Crippen molar-refractivity contribution in [2.75, 3.05) is 31.2 Å². The number of ether oxygens (including phenoxy) is 1. The first-order valence-electron chi connectivity index (χ1n) is 15.1. The van der Waals surface area contributed by atoms with E-state index in [-0.39, 0.29) is 22.9 Å². The molecule has 1 atom stereocenters. The van der Waals surface area contributed by atoms with Gasteiger partial charge in [0.2, 0.25) is 5.91 Å². The van der Waals surface area contributed by atoms with Crippen molar-refractivity contribution in [1.82, 2.24) is 35.2 Å². The predicted molar refractivity (Wildman–Crippen MR) is 153 cm³/mol. The fourth-order valence-electron chi connectivity index (χ4n) is 7.73. The van der Waals surface area contributed by atoms with Crippen molar-refractivity contribution in [3.8, 4) is 0 Å². The van der Waals surface area contributed by atoms with Crippen LogP contribution in [0.15, 0.2) is 12.3 Å². The van der Waals surface area contributed by atoms with Crippen LogP contribution in [0.5, 0.6) is 0 Å². The van der Waals surface area contributed by atoms with Crippen LogP contribution >= 0.6 is 0 Å². The monoisotopic (exact) mass is 546 g/mol. The SMILES string of the molecule is CCn1ncc2c(N3CCc4c(c(C)nn4CC45CCC(NC(=O)C6COCCN6)(CC4)CC5)C3)cc(C)nc21. The number of rotatable bonds is 6. The number of amides is 1. The molecule has 1 saturated heterocycles. The highest BCUT2D eigenvalue weighted by molar-refractivity contribution is 5.90. The van der Waals surface area contributed by atoms with Gasteiger partial charge in [-0.05, 0) is 70.8 Å². The van der Waals surface area contributed by atoms with E-state index in [2.05, 4.69) is 52.2 Å². The van der Waals surface area contributed by atoms with Gasteiger partial charge in [-0.2, -0.15) is 10.2 Å². The molecule has 0 radical (unpaired) electrons. The van der Waals surface area contributed by atoms with E-state index in [0.29, 0.717) is 13.2 Å². The van der Waals surface area contributed by atoms with E-state index >= 15 is 0 Å². The highest BCUT2D eigenvalue weighted by Gasteiger charge is 2.50. The van der Waals surface area contributed by atoms with Gasteiger partial charge in [0.25, 0.3) is 0 Å². The second-order valence-corrected chi connectivity index (χ2v) is 12.7. The number of pyridine rings is 1.